The van der Waals surface area contributed by atoms with Crippen molar-refractivity contribution in [2.45, 2.75) is 56.7 Å². The first kappa shape index (κ1) is 14.7. The largest absolute Gasteiger partial charge is 0.481 e. The molecule has 5 rings (SSSR count). The van der Waals surface area contributed by atoms with Crippen LogP contribution in [0.25, 0.3) is 0 Å². The number of carboxylic acid groups (broad SMARTS) is 1. The number of esters is 1. The molecule has 1 heterocycles. The second-order valence-corrected chi connectivity index (χ2v) is 8.81. The van der Waals surface area contributed by atoms with E-state index < -0.39 is 33.9 Å². The van der Waals surface area contributed by atoms with Crippen LogP contribution in [-0.2, 0) is 14.3 Å². The molecule has 0 radical (unpaired) electrons. The Morgan fingerprint density at radius 3 is 2.88 bits per heavy atom. The summed E-state index contributed by atoms with van der Waals surface area (Å²) in [5, 5.41) is 21.0. The van der Waals surface area contributed by atoms with Gasteiger partial charge in [-0.05, 0) is 56.6 Å². The fraction of sp³-hybridized carbons (Fsp3) is 0.684. The Bertz CT molecular complexity index is 753. The molecule has 3 saturated carbocycles. The minimum Gasteiger partial charge on any atom is -0.481 e. The van der Waals surface area contributed by atoms with Gasteiger partial charge in [-0.15, -0.1) is 0 Å². The molecule has 24 heavy (non-hydrogen) atoms. The lowest BCUT2D eigenvalue weighted by Gasteiger charge is -2.39. The lowest BCUT2D eigenvalue weighted by Crippen LogP contribution is -2.46. The Kier molecular flexibility index (Phi) is 2.32. The number of fused-ring (bicyclic) bond motifs is 1. The number of carbonyl (C=O) groups is 2. The summed E-state index contributed by atoms with van der Waals surface area (Å²) in [6.07, 6.45) is 5.53. The van der Waals surface area contributed by atoms with Crippen molar-refractivity contribution in [2.75, 3.05) is 0 Å². The lowest BCUT2D eigenvalue weighted by atomic mass is 9.60. The molecule has 0 aromatic heterocycles. The van der Waals surface area contributed by atoms with E-state index in [0.29, 0.717) is 32.1 Å². The number of aliphatic hydroxyl groups is 1. The van der Waals surface area contributed by atoms with E-state index in [4.69, 9.17) is 4.74 Å². The van der Waals surface area contributed by atoms with Gasteiger partial charge in [0.05, 0.1) is 16.9 Å². The van der Waals surface area contributed by atoms with Crippen molar-refractivity contribution >= 4 is 11.9 Å². The summed E-state index contributed by atoms with van der Waals surface area (Å²) in [6.45, 7) is 5.92. The molecule has 1 saturated heterocycles. The topological polar surface area (TPSA) is 83.8 Å². The fourth-order valence-corrected chi connectivity index (χ4v) is 6.98. The Morgan fingerprint density at radius 1 is 1.42 bits per heavy atom. The van der Waals surface area contributed by atoms with E-state index >= 15 is 0 Å². The van der Waals surface area contributed by atoms with E-state index in [9.17, 15) is 19.8 Å². The van der Waals surface area contributed by atoms with Gasteiger partial charge in [-0.3, -0.25) is 9.59 Å². The molecule has 0 unspecified atom stereocenters. The first-order valence-electron chi connectivity index (χ1n) is 8.78. The minimum absolute atomic E-state index is 0.246. The molecule has 4 bridgehead atoms. The van der Waals surface area contributed by atoms with Crippen molar-refractivity contribution in [1.29, 1.82) is 0 Å². The Hall–Kier alpha value is -1.62. The van der Waals surface area contributed by atoms with Gasteiger partial charge in [0.1, 0.15) is 5.60 Å². The van der Waals surface area contributed by atoms with Crippen molar-refractivity contribution in [3.8, 4) is 0 Å². The maximum atomic E-state index is 12.6. The second kappa shape index (κ2) is 3.79. The molecule has 0 aromatic carbocycles. The monoisotopic (exact) mass is 330 g/mol. The van der Waals surface area contributed by atoms with Crippen molar-refractivity contribution < 1.29 is 24.5 Å². The summed E-state index contributed by atoms with van der Waals surface area (Å²) in [5.41, 5.74) is -1.48. The summed E-state index contributed by atoms with van der Waals surface area (Å²) in [6, 6.07) is 0. The minimum atomic E-state index is -1.01. The predicted molar refractivity (Wildman–Crippen MR) is 83.9 cm³/mol. The summed E-state index contributed by atoms with van der Waals surface area (Å²) in [7, 11) is 0. The summed E-state index contributed by atoms with van der Waals surface area (Å²) in [4.78, 5) is 25.0. The van der Waals surface area contributed by atoms with Crippen molar-refractivity contribution in [3.05, 3.63) is 23.8 Å². The van der Waals surface area contributed by atoms with Crippen LogP contribution in [0.15, 0.2) is 23.8 Å². The molecule has 6 atom stereocenters. The van der Waals surface area contributed by atoms with Gasteiger partial charge >= 0.3 is 11.9 Å². The number of hydrogen-bond acceptors (Lipinski definition) is 4. The van der Waals surface area contributed by atoms with Gasteiger partial charge in [0, 0.05) is 11.3 Å². The van der Waals surface area contributed by atoms with E-state index in [-0.39, 0.29) is 11.9 Å². The zero-order chi connectivity index (χ0) is 17.1. The molecule has 5 nitrogen and oxygen atoms in total. The van der Waals surface area contributed by atoms with Crippen molar-refractivity contribution in [1.82, 2.24) is 0 Å². The number of hydrogen-bond donors (Lipinski definition) is 2. The molecule has 128 valence electrons. The summed E-state index contributed by atoms with van der Waals surface area (Å²) in [5.74, 6) is -2.17. The van der Waals surface area contributed by atoms with Crippen LogP contribution >= 0.6 is 0 Å². The van der Waals surface area contributed by atoms with Crippen LogP contribution in [0.4, 0.5) is 0 Å². The SMILES string of the molecule is C=C1C[C@]23C[C@@]1(O)CC=C2[C@@]12CCC[C@@](C)(C(=O)O1)[C@H]2[C@@H]3C(=O)O. The highest BCUT2D eigenvalue weighted by atomic mass is 16.6. The van der Waals surface area contributed by atoms with Crippen molar-refractivity contribution in [3.63, 3.8) is 0 Å². The van der Waals surface area contributed by atoms with Crippen LogP contribution < -0.4 is 0 Å². The van der Waals surface area contributed by atoms with Gasteiger partial charge < -0.3 is 14.9 Å². The average molecular weight is 330 g/mol. The lowest BCUT2D eigenvalue weighted by molar-refractivity contribution is -0.152. The molecule has 1 aliphatic heterocycles. The molecule has 5 aliphatic rings. The zero-order valence-electron chi connectivity index (χ0n) is 13.8. The maximum Gasteiger partial charge on any atom is 0.313 e. The molecule has 4 fully saturated rings. The van der Waals surface area contributed by atoms with E-state index in [1.165, 1.54) is 0 Å². The van der Waals surface area contributed by atoms with Gasteiger partial charge in [0.2, 0.25) is 0 Å². The number of carboxylic acids is 1. The van der Waals surface area contributed by atoms with Crippen LogP contribution in [0.3, 0.4) is 0 Å². The third-order valence-electron chi connectivity index (χ3n) is 7.80. The average Bonchev–Trinajstić information content (AvgIpc) is 2.88. The molecule has 0 amide bonds. The number of carbonyl (C=O) groups excluding carboxylic acids is 1. The highest BCUT2D eigenvalue weighted by molar-refractivity contribution is 5.86. The molecule has 5 heteroatoms. The first-order valence-corrected chi connectivity index (χ1v) is 8.78. The highest BCUT2D eigenvalue weighted by Crippen LogP contribution is 2.77. The standard InChI is InChI=1S/C19H22O5/c1-10-8-17-9-18(10,23)7-4-11(17)19-6-3-5-16(2,15(22)24-19)13(19)12(17)14(20)21/h4,12-13,23H,1,3,5-9H2,2H3,(H,20,21)/t12-,13-,16-,17+,18+,19-/m1/s1. The van der Waals surface area contributed by atoms with E-state index in [2.05, 4.69) is 6.58 Å². The van der Waals surface area contributed by atoms with Crippen LogP contribution in [0.5, 0.6) is 0 Å². The Labute approximate surface area is 140 Å². The third-order valence-corrected chi connectivity index (χ3v) is 7.80. The summed E-state index contributed by atoms with van der Waals surface area (Å²) >= 11 is 0. The molecule has 4 aliphatic carbocycles. The molecule has 1 spiro atoms. The molecule has 2 N–H and O–H groups in total. The zero-order valence-corrected chi connectivity index (χ0v) is 13.8. The Balaban J connectivity index is 1.80. The van der Waals surface area contributed by atoms with E-state index in [1.54, 1.807) is 0 Å². The highest BCUT2D eigenvalue weighted by Gasteiger charge is 2.80. The number of aliphatic carboxylic acids is 1. The van der Waals surface area contributed by atoms with Gasteiger partial charge in [-0.1, -0.05) is 12.7 Å². The first-order chi connectivity index (χ1) is 11.2. The van der Waals surface area contributed by atoms with Crippen LogP contribution in [0, 0.1) is 22.7 Å². The van der Waals surface area contributed by atoms with Crippen molar-refractivity contribution in [2.24, 2.45) is 22.7 Å². The number of rotatable bonds is 1. The molecular weight excluding hydrogens is 308 g/mol. The molecular formula is C19H22O5. The second-order valence-electron chi connectivity index (χ2n) is 8.81. The van der Waals surface area contributed by atoms with Crippen LogP contribution in [0.1, 0.15) is 45.4 Å². The smallest absolute Gasteiger partial charge is 0.313 e. The van der Waals surface area contributed by atoms with Crippen LogP contribution in [0.2, 0.25) is 0 Å². The van der Waals surface area contributed by atoms with E-state index in [1.807, 2.05) is 13.0 Å². The third kappa shape index (κ3) is 1.25. The van der Waals surface area contributed by atoms with E-state index in [0.717, 1.165) is 17.6 Å². The summed E-state index contributed by atoms with van der Waals surface area (Å²) < 4.78 is 5.98. The number of ether oxygens (including phenoxy) is 1. The van der Waals surface area contributed by atoms with Crippen LogP contribution in [-0.4, -0.2) is 33.4 Å². The maximum absolute atomic E-state index is 12.6. The van der Waals surface area contributed by atoms with Gasteiger partial charge in [0.15, 0.2) is 0 Å². The fourth-order valence-electron chi connectivity index (χ4n) is 6.98. The van der Waals surface area contributed by atoms with Gasteiger partial charge in [-0.25, -0.2) is 0 Å². The van der Waals surface area contributed by atoms with Gasteiger partial charge in [0.25, 0.3) is 0 Å². The quantitative estimate of drug-likeness (QED) is 0.569. The van der Waals surface area contributed by atoms with Gasteiger partial charge in [-0.2, -0.15) is 0 Å². The predicted octanol–water partition coefficient (Wildman–Crippen LogP) is 2.20. The Morgan fingerprint density at radius 2 is 2.17 bits per heavy atom. The normalized spacial score (nSPS) is 54.2. The molecule has 0 aromatic rings.